The molecule has 0 amide bonds. The van der Waals surface area contributed by atoms with E-state index in [-0.39, 0.29) is 6.42 Å². The van der Waals surface area contributed by atoms with Crippen molar-refractivity contribution in [2.75, 3.05) is 0 Å². The number of hydrogen-bond acceptors (Lipinski definition) is 4. The van der Waals surface area contributed by atoms with Gasteiger partial charge in [-0.25, -0.2) is 19.2 Å². The molecule has 4 nitrogen and oxygen atoms in total. The lowest BCUT2D eigenvalue weighted by Crippen LogP contribution is -2.34. The predicted octanol–water partition coefficient (Wildman–Crippen LogP) is 7.37. The van der Waals surface area contributed by atoms with E-state index in [9.17, 15) is 9.18 Å². The molecule has 5 heteroatoms. The van der Waals surface area contributed by atoms with Crippen LogP contribution in [0.4, 0.5) is 4.39 Å². The normalized spacial score (nSPS) is 12.8. The maximum absolute atomic E-state index is 14.7. The Kier molecular flexibility index (Phi) is 8.70. The number of alkyl halides is 1. The van der Waals surface area contributed by atoms with E-state index in [4.69, 9.17) is 4.74 Å². The Morgan fingerprint density at radius 2 is 1.55 bits per heavy atom. The van der Waals surface area contributed by atoms with E-state index in [0.29, 0.717) is 18.0 Å². The maximum atomic E-state index is 14.7. The zero-order valence-electron chi connectivity index (χ0n) is 19.8. The highest BCUT2D eigenvalue weighted by Gasteiger charge is 2.34. The highest BCUT2D eigenvalue weighted by Crippen LogP contribution is 2.31. The summed E-state index contributed by atoms with van der Waals surface area (Å²) in [6.45, 7) is 5.51. The molecule has 1 unspecified atom stereocenters. The monoisotopic (exact) mass is 448 g/mol. The fourth-order valence-electron chi connectivity index (χ4n) is 3.66. The van der Waals surface area contributed by atoms with Crippen molar-refractivity contribution >= 4 is 5.97 Å². The number of halogens is 1. The smallest absolute Gasteiger partial charge is 0.348 e. The molecule has 0 radical (unpaired) electrons. The lowest BCUT2D eigenvalue weighted by atomic mass is 9.99. The molecular weight excluding hydrogens is 415 g/mol. The van der Waals surface area contributed by atoms with Crippen LogP contribution in [0.15, 0.2) is 60.9 Å². The fraction of sp³-hybridized carbons (Fsp3) is 0.393. The van der Waals surface area contributed by atoms with E-state index in [0.717, 1.165) is 54.4 Å². The second kappa shape index (κ2) is 11.7. The second-order valence-electron chi connectivity index (χ2n) is 8.63. The molecule has 0 saturated carbocycles. The average molecular weight is 449 g/mol. The second-order valence-corrected chi connectivity index (χ2v) is 8.63. The first-order chi connectivity index (χ1) is 15.9. The van der Waals surface area contributed by atoms with Crippen LogP contribution >= 0.6 is 0 Å². The molecule has 0 aliphatic carbocycles. The molecule has 0 fully saturated rings. The molecular formula is C28H33FN2O2. The van der Waals surface area contributed by atoms with Crippen LogP contribution in [0.3, 0.4) is 0 Å². The molecule has 33 heavy (non-hydrogen) atoms. The summed E-state index contributed by atoms with van der Waals surface area (Å²) in [6, 6.07) is 15.1. The van der Waals surface area contributed by atoms with Crippen LogP contribution in [0.1, 0.15) is 64.9 Å². The van der Waals surface area contributed by atoms with E-state index in [1.807, 2.05) is 55.7 Å². The third-order valence-corrected chi connectivity index (χ3v) is 5.74. The van der Waals surface area contributed by atoms with Crippen molar-refractivity contribution in [1.29, 1.82) is 0 Å². The van der Waals surface area contributed by atoms with Crippen LogP contribution in [-0.2, 0) is 11.2 Å². The van der Waals surface area contributed by atoms with Gasteiger partial charge in [0.25, 0.3) is 0 Å². The van der Waals surface area contributed by atoms with Gasteiger partial charge >= 0.3 is 5.97 Å². The van der Waals surface area contributed by atoms with Crippen molar-refractivity contribution in [1.82, 2.24) is 9.97 Å². The van der Waals surface area contributed by atoms with Gasteiger partial charge < -0.3 is 4.74 Å². The third-order valence-electron chi connectivity index (χ3n) is 5.74. The summed E-state index contributed by atoms with van der Waals surface area (Å²) in [7, 11) is 0. The van der Waals surface area contributed by atoms with Gasteiger partial charge in [0.1, 0.15) is 5.75 Å². The largest absolute Gasteiger partial charge is 0.424 e. The lowest BCUT2D eigenvalue weighted by molar-refractivity contribution is -0.147. The van der Waals surface area contributed by atoms with Gasteiger partial charge in [0.15, 0.2) is 5.82 Å². The van der Waals surface area contributed by atoms with Crippen molar-refractivity contribution in [3.63, 3.8) is 0 Å². The number of nitrogens with zero attached hydrogens (tertiary/aromatic N) is 2. The van der Waals surface area contributed by atoms with Crippen LogP contribution in [0, 0.1) is 0 Å². The topological polar surface area (TPSA) is 52.1 Å². The van der Waals surface area contributed by atoms with Crippen molar-refractivity contribution in [2.45, 2.75) is 71.4 Å². The first-order valence-corrected chi connectivity index (χ1v) is 11.9. The summed E-state index contributed by atoms with van der Waals surface area (Å²) in [4.78, 5) is 21.5. The summed E-state index contributed by atoms with van der Waals surface area (Å²) in [5, 5.41) is 0. The number of aryl methyl sites for hydroxylation is 1. The first-order valence-electron chi connectivity index (χ1n) is 11.9. The molecule has 0 spiro atoms. The molecule has 1 atom stereocenters. The highest BCUT2D eigenvalue weighted by atomic mass is 19.1. The Labute approximate surface area is 196 Å². The molecule has 1 heterocycles. The number of carbonyl (C=O) groups excluding carboxylic acids is 1. The zero-order chi connectivity index (χ0) is 23.7. The highest BCUT2D eigenvalue weighted by molar-refractivity contribution is 5.82. The number of benzene rings is 2. The van der Waals surface area contributed by atoms with Gasteiger partial charge in [-0.2, -0.15) is 0 Å². The van der Waals surface area contributed by atoms with Gasteiger partial charge in [-0.05, 0) is 61.4 Å². The molecule has 3 rings (SSSR count). The van der Waals surface area contributed by atoms with E-state index >= 15 is 0 Å². The molecule has 0 aliphatic rings. The Morgan fingerprint density at radius 3 is 2.18 bits per heavy atom. The minimum Gasteiger partial charge on any atom is -0.424 e. The number of rotatable bonds is 11. The number of carbonyl (C=O) groups is 1. The number of ether oxygens (including phenoxy) is 1. The lowest BCUT2D eigenvalue weighted by Gasteiger charge is -2.18. The van der Waals surface area contributed by atoms with Crippen molar-refractivity contribution in [3.05, 3.63) is 66.5 Å². The quantitative estimate of drug-likeness (QED) is 0.175. The summed E-state index contributed by atoms with van der Waals surface area (Å²) >= 11 is 0. The minimum atomic E-state index is -1.99. The molecule has 0 saturated heterocycles. The van der Waals surface area contributed by atoms with Gasteiger partial charge in [0, 0.05) is 18.0 Å². The number of hydrogen-bond donors (Lipinski definition) is 0. The van der Waals surface area contributed by atoms with Crippen molar-refractivity contribution in [2.24, 2.45) is 0 Å². The van der Waals surface area contributed by atoms with Crippen LogP contribution in [0.25, 0.3) is 22.5 Å². The van der Waals surface area contributed by atoms with Crippen LogP contribution in [0.2, 0.25) is 0 Å². The summed E-state index contributed by atoms with van der Waals surface area (Å²) in [5.41, 5.74) is 2.00. The molecule has 2 aromatic carbocycles. The summed E-state index contributed by atoms with van der Waals surface area (Å²) in [5.74, 6) is 0.155. The molecule has 174 valence electrons. The number of unbranched alkanes of at least 4 members (excludes halogenated alkanes) is 3. The van der Waals surface area contributed by atoms with E-state index in [2.05, 4.69) is 16.9 Å². The van der Waals surface area contributed by atoms with Crippen molar-refractivity contribution in [3.8, 4) is 28.3 Å². The Balaban J connectivity index is 1.74. The van der Waals surface area contributed by atoms with Gasteiger partial charge in [0.05, 0.1) is 0 Å². The molecule has 0 aliphatic heterocycles. The van der Waals surface area contributed by atoms with Crippen LogP contribution in [-0.4, -0.2) is 21.6 Å². The van der Waals surface area contributed by atoms with Gasteiger partial charge in [-0.1, -0.05) is 69.5 Å². The Bertz CT molecular complexity index is 1030. The van der Waals surface area contributed by atoms with Crippen LogP contribution in [0.5, 0.6) is 5.75 Å². The number of aromatic nitrogens is 2. The maximum Gasteiger partial charge on any atom is 0.348 e. The average Bonchev–Trinajstić information content (AvgIpc) is 2.83. The Morgan fingerprint density at radius 1 is 0.909 bits per heavy atom. The Hall–Kier alpha value is -3.08. The summed E-state index contributed by atoms with van der Waals surface area (Å²) in [6.07, 6.45) is 9.73. The summed E-state index contributed by atoms with van der Waals surface area (Å²) < 4.78 is 20.0. The zero-order valence-corrected chi connectivity index (χ0v) is 19.8. The van der Waals surface area contributed by atoms with E-state index < -0.39 is 11.6 Å². The molecule has 0 bridgehead atoms. The van der Waals surface area contributed by atoms with Gasteiger partial charge in [-0.3, -0.25) is 0 Å². The fourth-order valence-corrected chi connectivity index (χ4v) is 3.66. The van der Waals surface area contributed by atoms with E-state index in [1.54, 1.807) is 12.1 Å². The van der Waals surface area contributed by atoms with Crippen molar-refractivity contribution < 1.29 is 13.9 Å². The predicted molar refractivity (Wildman–Crippen MR) is 131 cm³/mol. The third kappa shape index (κ3) is 6.70. The minimum absolute atomic E-state index is 0.169. The molecule has 1 aromatic heterocycles. The molecule has 0 N–H and O–H groups in total. The standard InChI is InChI=1S/C28H33FN2O2/c1-4-6-10-18-28(3,29)27(32)33-23-16-14-22(15-17-23)24-12-8-9-13-25(24)26-30-19-21(20-31-26)11-7-5-2/h8-9,12-17,19-20H,4-7,10-11,18H2,1-3H3. The first kappa shape index (κ1) is 24.6. The van der Waals surface area contributed by atoms with Gasteiger partial charge in [0.2, 0.25) is 5.67 Å². The number of esters is 1. The van der Waals surface area contributed by atoms with Crippen LogP contribution < -0.4 is 4.74 Å². The SMILES string of the molecule is CCCCCC(C)(F)C(=O)Oc1ccc(-c2ccccc2-c2ncc(CCCC)cn2)cc1. The van der Waals surface area contributed by atoms with E-state index in [1.165, 1.54) is 6.92 Å². The van der Waals surface area contributed by atoms with Gasteiger partial charge in [-0.15, -0.1) is 0 Å². The molecule has 3 aromatic rings.